The largest absolute Gasteiger partial charge is 0.456 e. The number of urea groups is 1. The molecule has 1 saturated heterocycles. The van der Waals surface area contributed by atoms with E-state index in [0.29, 0.717) is 18.1 Å². The highest BCUT2D eigenvalue weighted by Gasteiger charge is 2.36. The highest BCUT2D eigenvalue weighted by Crippen LogP contribution is 2.27. The number of rotatable bonds is 4. The Kier molecular flexibility index (Phi) is 4.48. The average molecular weight is 241 g/mol. The molecular formula is C11H19N3O3. The van der Waals surface area contributed by atoms with Crippen molar-refractivity contribution in [2.24, 2.45) is 22.7 Å². The summed E-state index contributed by atoms with van der Waals surface area (Å²) in [5.41, 5.74) is 7.58. The number of carbonyl (C=O) groups excluding carboxylic acids is 2. The monoisotopic (exact) mass is 241 g/mol. The van der Waals surface area contributed by atoms with E-state index < -0.39 is 6.03 Å². The fraction of sp³-hybridized carbons (Fsp3) is 0.727. The topological polar surface area (TPSA) is 93.8 Å². The predicted octanol–water partition coefficient (Wildman–Crippen LogP) is 1.01. The van der Waals surface area contributed by atoms with Crippen molar-refractivity contribution in [3.8, 4) is 0 Å². The van der Waals surface area contributed by atoms with Crippen LogP contribution in [-0.2, 0) is 9.53 Å². The molecule has 2 atom stereocenters. The highest BCUT2D eigenvalue weighted by atomic mass is 16.6. The lowest BCUT2D eigenvalue weighted by molar-refractivity contribution is -0.143. The summed E-state index contributed by atoms with van der Waals surface area (Å²) >= 11 is 0. The molecular weight excluding hydrogens is 222 g/mol. The van der Waals surface area contributed by atoms with Crippen LogP contribution in [0.25, 0.3) is 0 Å². The Morgan fingerprint density at radius 3 is 2.82 bits per heavy atom. The molecule has 0 spiro atoms. The Balaban J connectivity index is 2.56. The summed E-state index contributed by atoms with van der Waals surface area (Å²) in [4.78, 5) is 22.1. The van der Waals surface area contributed by atoms with Crippen molar-refractivity contribution in [1.29, 1.82) is 0 Å². The van der Waals surface area contributed by atoms with Gasteiger partial charge in [-0.15, -0.1) is 0 Å². The van der Waals surface area contributed by atoms with Crippen molar-refractivity contribution in [2.45, 2.75) is 39.7 Å². The first-order valence-electron chi connectivity index (χ1n) is 5.70. The standard InChI is InChI=1S/C11H19N3O3/c1-6(2)4-8-5-9(17-10(8)15)7(3)13-14-11(12)16/h6,8-9H,4-5H2,1-3H3,(H3,12,14,16)/b13-7-/t8-,9-/m1/s1. The minimum absolute atomic E-state index is 0.0706. The van der Waals surface area contributed by atoms with E-state index in [2.05, 4.69) is 24.4 Å². The maximum atomic E-state index is 11.6. The molecule has 0 aromatic rings. The van der Waals surface area contributed by atoms with Crippen LogP contribution in [0.4, 0.5) is 4.79 Å². The van der Waals surface area contributed by atoms with Gasteiger partial charge in [0, 0.05) is 6.42 Å². The van der Waals surface area contributed by atoms with Crippen LogP contribution >= 0.6 is 0 Å². The Bertz CT molecular complexity index is 339. The molecule has 1 aliphatic heterocycles. The smallest absolute Gasteiger partial charge is 0.332 e. The molecule has 1 rings (SSSR count). The van der Waals surface area contributed by atoms with E-state index in [1.165, 1.54) is 0 Å². The number of ether oxygens (including phenoxy) is 1. The quantitative estimate of drug-likeness (QED) is 0.437. The Hall–Kier alpha value is -1.59. The molecule has 0 unspecified atom stereocenters. The number of nitrogens with zero attached hydrogens (tertiary/aromatic N) is 1. The van der Waals surface area contributed by atoms with Gasteiger partial charge in [0.1, 0.15) is 6.10 Å². The van der Waals surface area contributed by atoms with Crippen molar-refractivity contribution in [3.63, 3.8) is 0 Å². The lowest BCUT2D eigenvalue weighted by atomic mass is 9.93. The van der Waals surface area contributed by atoms with Gasteiger partial charge in [0.2, 0.25) is 0 Å². The third-order valence-electron chi connectivity index (χ3n) is 2.65. The number of hydrazone groups is 1. The van der Waals surface area contributed by atoms with Crippen LogP contribution in [0.5, 0.6) is 0 Å². The van der Waals surface area contributed by atoms with Crippen molar-refractivity contribution >= 4 is 17.7 Å². The van der Waals surface area contributed by atoms with E-state index in [1.54, 1.807) is 6.92 Å². The second-order valence-corrected chi connectivity index (χ2v) is 4.72. The van der Waals surface area contributed by atoms with Crippen LogP contribution in [0.15, 0.2) is 5.10 Å². The van der Waals surface area contributed by atoms with Gasteiger partial charge < -0.3 is 10.5 Å². The molecule has 0 aromatic carbocycles. The minimum Gasteiger partial charge on any atom is -0.456 e. The summed E-state index contributed by atoms with van der Waals surface area (Å²) in [7, 11) is 0. The summed E-state index contributed by atoms with van der Waals surface area (Å²) < 4.78 is 5.21. The zero-order valence-electron chi connectivity index (χ0n) is 10.4. The number of primary amides is 1. The molecule has 1 heterocycles. The predicted molar refractivity (Wildman–Crippen MR) is 63.3 cm³/mol. The van der Waals surface area contributed by atoms with Crippen LogP contribution in [0.1, 0.15) is 33.6 Å². The molecule has 0 aliphatic carbocycles. The van der Waals surface area contributed by atoms with Crippen LogP contribution in [0, 0.1) is 11.8 Å². The summed E-state index contributed by atoms with van der Waals surface area (Å²) in [5, 5.41) is 3.77. The normalized spacial score (nSPS) is 24.9. The first-order chi connectivity index (χ1) is 7.90. The van der Waals surface area contributed by atoms with Gasteiger partial charge in [0.15, 0.2) is 0 Å². The first-order valence-corrected chi connectivity index (χ1v) is 5.70. The number of nitrogens with two attached hydrogens (primary N) is 1. The molecule has 1 fully saturated rings. The number of esters is 1. The molecule has 0 aromatic heterocycles. The minimum atomic E-state index is -0.729. The van der Waals surface area contributed by atoms with Crippen LogP contribution in [0.3, 0.4) is 0 Å². The molecule has 3 N–H and O–H groups in total. The van der Waals surface area contributed by atoms with Crippen molar-refractivity contribution in [3.05, 3.63) is 0 Å². The lowest BCUT2D eigenvalue weighted by Crippen LogP contribution is -2.28. The molecule has 6 heteroatoms. The van der Waals surface area contributed by atoms with Crippen LogP contribution < -0.4 is 11.2 Å². The van der Waals surface area contributed by atoms with E-state index in [1.807, 2.05) is 0 Å². The maximum Gasteiger partial charge on any atom is 0.332 e. The molecule has 17 heavy (non-hydrogen) atoms. The SMILES string of the molecule is C/C(=N/NC(N)=O)[C@H]1C[C@@H](CC(C)C)C(=O)O1. The van der Waals surface area contributed by atoms with Gasteiger partial charge in [0.05, 0.1) is 11.6 Å². The molecule has 1 aliphatic rings. The maximum absolute atomic E-state index is 11.6. The van der Waals surface area contributed by atoms with Crippen LogP contribution in [0.2, 0.25) is 0 Å². The molecule has 6 nitrogen and oxygen atoms in total. The van der Waals surface area contributed by atoms with E-state index >= 15 is 0 Å². The number of hydrogen-bond acceptors (Lipinski definition) is 4. The Morgan fingerprint density at radius 1 is 1.65 bits per heavy atom. The lowest BCUT2D eigenvalue weighted by Gasteiger charge is -2.08. The summed E-state index contributed by atoms with van der Waals surface area (Å²) in [5.74, 6) is 0.198. The summed E-state index contributed by atoms with van der Waals surface area (Å²) in [6.45, 7) is 5.83. The van der Waals surface area contributed by atoms with E-state index in [0.717, 1.165) is 6.42 Å². The number of amides is 2. The van der Waals surface area contributed by atoms with Gasteiger partial charge in [-0.2, -0.15) is 5.10 Å². The molecule has 0 bridgehead atoms. The van der Waals surface area contributed by atoms with Gasteiger partial charge in [-0.3, -0.25) is 4.79 Å². The van der Waals surface area contributed by atoms with Crippen molar-refractivity contribution in [2.75, 3.05) is 0 Å². The number of nitrogens with one attached hydrogen (secondary N) is 1. The Labute approximate surface area is 101 Å². The number of carbonyl (C=O) groups is 2. The zero-order valence-corrected chi connectivity index (χ0v) is 10.4. The first kappa shape index (κ1) is 13.5. The average Bonchev–Trinajstić information content (AvgIpc) is 2.56. The fourth-order valence-corrected chi connectivity index (χ4v) is 1.87. The van der Waals surface area contributed by atoms with E-state index in [9.17, 15) is 9.59 Å². The Morgan fingerprint density at radius 2 is 2.29 bits per heavy atom. The van der Waals surface area contributed by atoms with Crippen molar-refractivity contribution in [1.82, 2.24) is 5.43 Å². The summed E-state index contributed by atoms with van der Waals surface area (Å²) in [6.07, 6.45) is 1.08. The number of hydrogen-bond donors (Lipinski definition) is 2. The second kappa shape index (κ2) is 5.65. The number of cyclic esters (lactones) is 1. The van der Waals surface area contributed by atoms with Crippen molar-refractivity contribution < 1.29 is 14.3 Å². The van der Waals surface area contributed by atoms with Gasteiger partial charge in [0.25, 0.3) is 0 Å². The second-order valence-electron chi connectivity index (χ2n) is 4.72. The van der Waals surface area contributed by atoms with Gasteiger partial charge in [-0.05, 0) is 19.3 Å². The van der Waals surface area contributed by atoms with Gasteiger partial charge in [-0.1, -0.05) is 13.8 Å². The molecule has 96 valence electrons. The fourth-order valence-electron chi connectivity index (χ4n) is 1.87. The highest BCUT2D eigenvalue weighted by molar-refractivity contribution is 5.91. The van der Waals surface area contributed by atoms with E-state index in [4.69, 9.17) is 10.5 Å². The third-order valence-corrected chi connectivity index (χ3v) is 2.65. The molecule has 2 amide bonds. The van der Waals surface area contributed by atoms with Gasteiger partial charge in [-0.25, -0.2) is 10.2 Å². The van der Waals surface area contributed by atoms with Crippen LogP contribution in [-0.4, -0.2) is 23.8 Å². The molecule has 0 saturated carbocycles. The van der Waals surface area contributed by atoms with Gasteiger partial charge >= 0.3 is 12.0 Å². The summed E-state index contributed by atoms with van der Waals surface area (Å²) in [6, 6.07) is -0.729. The van der Waals surface area contributed by atoms with E-state index in [-0.39, 0.29) is 18.0 Å². The molecule has 0 radical (unpaired) electrons. The zero-order chi connectivity index (χ0) is 13.0. The third kappa shape index (κ3) is 4.05.